The summed E-state index contributed by atoms with van der Waals surface area (Å²) in [4.78, 5) is 29.7. The maximum atomic E-state index is 12.6. The fourth-order valence-corrected chi connectivity index (χ4v) is 3.90. The number of nitrogens with zero attached hydrogens (tertiary/aromatic N) is 1. The topological polar surface area (TPSA) is 102 Å². The molecule has 0 saturated carbocycles. The Morgan fingerprint density at radius 2 is 1.68 bits per heavy atom. The number of esters is 1. The van der Waals surface area contributed by atoms with E-state index in [4.69, 9.17) is 9.57 Å². The monoisotopic (exact) mass is 442 g/mol. The van der Waals surface area contributed by atoms with Gasteiger partial charge >= 0.3 is 5.97 Å². The van der Waals surface area contributed by atoms with Crippen molar-refractivity contribution in [3.05, 3.63) is 72.3 Å². The Hall–Kier alpha value is -3.27. The van der Waals surface area contributed by atoms with Crippen LogP contribution in [0.4, 0.5) is 5.69 Å². The molecule has 9 heteroatoms. The first-order chi connectivity index (χ1) is 14.7. The smallest absolute Gasteiger partial charge is 0.338 e. The number of hydrogen-bond acceptors (Lipinski definition) is 6. The number of hydrogen-bond donors (Lipinski definition) is 1. The number of amides is 1. The van der Waals surface area contributed by atoms with Gasteiger partial charge in [0, 0.05) is 18.1 Å². The average Bonchev–Trinajstić information content (AvgIpc) is 2.78. The van der Waals surface area contributed by atoms with E-state index in [1.54, 1.807) is 6.07 Å². The van der Waals surface area contributed by atoms with E-state index in [1.807, 2.05) is 36.4 Å². The third kappa shape index (κ3) is 4.91. The van der Waals surface area contributed by atoms with E-state index in [1.165, 1.54) is 45.3 Å². The summed E-state index contributed by atoms with van der Waals surface area (Å²) in [6, 6.07) is 18.4. The molecule has 0 bridgehead atoms. The molecule has 0 aliphatic rings. The largest absolute Gasteiger partial charge is 0.449 e. The first-order valence-electron chi connectivity index (χ1n) is 9.36. The first-order valence-corrected chi connectivity index (χ1v) is 10.8. The number of ether oxygens (including phenoxy) is 1. The van der Waals surface area contributed by atoms with Crippen molar-refractivity contribution in [2.45, 2.75) is 17.9 Å². The van der Waals surface area contributed by atoms with Crippen LogP contribution >= 0.6 is 0 Å². The molecule has 0 spiro atoms. The predicted octanol–water partition coefficient (Wildman–Crippen LogP) is 3.21. The van der Waals surface area contributed by atoms with Gasteiger partial charge in [0.2, 0.25) is 0 Å². The van der Waals surface area contributed by atoms with Crippen LogP contribution < -0.4 is 5.32 Å². The van der Waals surface area contributed by atoms with Gasteiger partial charge in [-0.15, -0.1) is 0 Å². The predicted molar refractivity (Wildman–Crippen MR) is 116 cm³/mol. The fourth-order valence-electron chi connectivity index (χ4n) is 2.88. The average molecular weight is 442 g/mol. The molecular formula is C22H22N2O6S. The van der Waals surface area contributed by atoms with Crippen molar-refractivity contribution in [2.24, 2.45) is 0 Å². The maximum absolute atomic E-state index is 12.6. The van der Waals surface area contributed by atoms with E-state index < -0.39 is 28.0 Å². The number of carbonyl (C=O) groups is 2. The molecule has 0 saturated heterocycles. The highest BCUT2D eigenvalue weighted by Crippen LogP contribution is 2.23. The molecule has 0 aromatic heterocycles. The SMILES string of the molecule is CON(C)S(=O)(=O)c1cccc(C(=O)OC(C)C(=O)Nc2cccc3ccccc23)c1. The van der Waals surface area contributed by atoms with Gasteiger partial charge < -0.3 is 10.1 Å². The standard InChI is InChI=1S/C22H22N2O6S/c1-15(21(25)23-20-13-7-9-16-8-4-5-12-19(16)20)30-22(26)17-10-6-11-18(14-17)31(27,28)24(2)29-3/h4-15H,1-3H3,(H,23,25). The van der Waals surface area contributed by atoms with Gasteiger partial charge in [0.25, 0.3) is 15.9 Å². The Labute approximate surface area is 180 Å². The summed E-state index contributed by atoms with van der Waals surface area (Å²) in [5, 5.41) is 4.58. The lowest BCUT2D eigenvalue weighted by Crippen LogP contribution is -2.30. The summed E-state index contributed by atoms with van der Waals surface area (Å²) in [6.45, 7) is 1.44. The molecule has 1 atom stereocenters. The highest BCUT2D eigenvalue weighted by Gasteiger charge is 2.24. The molecule has 0 heterocycles. The van der Waals surface area contributed by atoms with Crippen molar-refractivity contribution in [3.8, 4) is 0 Å². The van der Waals surface area contributed by atoms with Gasteiger partial charge in [-0.1, -0.05) is 46.9 Å². The number of carbonyl (C=O) groups excluding carboxylic acids is 2. The molecule has 0 aliphatic heterocycles. The van der Waals surface area contributed by atoms with Crippen LogP contribution in [0.15, 0.2) is 71.6 Å². The van der Waals surface area contributed by atoms with E-state index >= 15 is 0 Å². The summed E-state index contributed by atoms with van der Waals surface area (Å²) >= 11 is 0. The van der Waals surface area contributed by atoms with Crippen LogP contribution in [0.5, 0.6) is 0 Å². The normalized spacial score (nSPS) is 12.5. The fraction of sp³-hybridized carbons (Fsp3) is 0.182. The Kier molecular flexibility index (Phi) is 6.69. The number of rotatable bonds is 7. The summed E-state index contributed by atoms with van der Waals surface area (Å²) in [5.74, 6) is -1.33. The zero-order valence-electron chi connectivity index (χ0n) is 17.2. The van der Waals surface area contributed by atoms with Crippen LogP contribution in [-0.2, 0) is 24.4 Å². The molecule has 3 rings (SSSR count). The third-order valence-electron chi connectivity index (χ3n) is 4.66. The highest BCUT2D eigenvalue weighted by molar-refractivity contribution is 7.89. The number of anilines is 1. The van der Waals surface area contributed by atoms with Crippen molar-refractivity contribution < 1.29 is 27.6 Å². The molecular weight excluding hydrogens is 420 g/mol. The maximum Gasteiger partial charge on any atom is 0.338 e. The van der Waals surface area contributed by atoms with Crippen LogP contribution in [0.25, 0.3) is 10.8 Å². The molecule has 8 nitrogen and oxygen atoms in total. The van der Waals surface area contributed by atoms with E-state index in [0.29, 0.717) is 10.2 Å². The molecule has 1 N–H and O–H groups in total. The number of sulfonamides is 1. The van der Waals surface area contributed by atoms with Crippen molar-refractivity contribution in [2.75, 3.05) is 19.5 Å². The van der Waals surface area contributed by atoms with Crippen molar-refractivity contribution in [1.29, 1.82) is 0 Å². The minimum Gasteiger partial charge on any atom is -0.449 e. The number of fused-ring (bicyclic) bond motifs is 1. The molecule has 1 amide bonds. The number of hydroxylamine groups is 1. The van der Waals surface area contributed by atoms with Crippen LogP contribution in [0, 0.1) is 0 Å². The Morgan fingerprint density at radius 3 is 2.42 bits per heavy atom. The number of benzene rings is 3. The summed E-state index contributed by atoms with van der Waals surface area (Å²) in [6.07, 6.45) is -1.10. The second-order valence-electron chi connectivity index (χ2n) is 6.69. The molecule has 0 radical (unpaired) electrons. The third-order valence-corrected chi connectivity index (χ3v) is 6.34. The van der Waals surface area contributed by atoms with E-state index in [-0.39, 0.29) is 10.5 Å². The molecule has 1 unspecified atom stereocenters. The Balaban J connectivity index is 1.73. The van der Waals surface area contributed by atoms with Crippen molar-refractivity contribution >= 4 is 38.4 Å². The van der Waals surface area contributed by atoms with Gasteiger partial charge in [0.15, 0.2) is 6.10 Å². The lowest BCUT2D eigenvalue weighted by molar-refractivity contribution is -0.123. The first kappa shape index (κ1) is 22.4. The molecule has 3 aromatic carbocycles. The second-order valence-corrected chi connectivity index (χ2v) is 8.62. The van der Waals surface area contributed by atoms with Gasteiger partial charge in [-0.25, -0.2) is 13.2 Å². The molecule has 162 valence electrons. The van der Waals surface area contributed by atoms with Crippen LogP contribution in [-0.4, -0.2) is 45.0 Å². The van der Waals surface area contributed by atoms with Gasteiger partial charge in [0.05, 0.1) is 17.6 Å². The molecule has 3 aromatic rings. The van der Waals surface area contributed by atoms with Crippen LogP contribution in [0.3, 0.4) is 0 Å². The van der Waals surface area contributed by atoms with Gasteiger partial charge in [-0.3, -0.25) is 9.63 Å². The quantitative estimate of drug-likeness (QED) is 0.445. The van der Waals surface area contributed by atoms with Crippen molar-refractivity contribution in [3.63, 3.8) is 0 Å². The second kappa shape index (κ2) is 9.25. The zero-order chi connectivity index (χ0) is 22.6. The van der Waals surface area contributed by atoms with Gasteiger partial charge in [0.1, 0.15) is 0 Å². The molecule has 31 heavy (non-hydrogen) atoms. The summed E-state index contributed by atoms with van der Waals surface area (Å²) < 4.78 is 30.7. The Bertz CT molecular complexity index is 1220. The summed E-state index contributed by atoms with van der Waals surface area (Å²) in [7, 11) is -1.48. The van der Waals surface area contributed by atoms with E-state index in [0.717, 1.165) is 10.8 Å². The number of nitrogens with one attached hydrogen (secondary N) is 1. The Morgan fingerprint density at radius 1 is 1.00 bits per heavy atom. The van der Waals surface area contributed by atoms with E-state index in [2.05, 4.69) is 5.32 Å². The highest BCUT2D eigenvalue weighted by atomic mass is 32.2. The lowest BCUT2D eigenvalue weighted by atomic mass is 10.1. The zero-order valence-corrected chi connectivity index (χ0v) is 18.0. The minimum atomic E-state index is -3.93. The van der Waals surface area contributed by atoms with Crippen molar-refractivity contribution in [1.82, 2.24) is 4.47 Å². The summed E-state index contributed by atoms with van der Waals surface area (Å²) in [5.41, 5.74) is 0.595. The molecule has 0 fully saturated rings. The van der Waals surface area contributed by atoms with Crippen LogP contribution in [0.2, 0.25) is 0 Å². The minimum absolute atomic E-state index is 0.00427. The van der Waals surface area contributed by atoms with Crippen LogP contribution in [0.1, 0.15) is 17.3 Å². The van der Waals surface area contributed by atoms with Gasteiger partial charge in [-0.2, -0.15) is 0 Å². The van der Waals surface area contributed by atoms with E-state index in [9.17, 15) is 18.0 Å². The van der Waals surface area contributed by atoms with Gasteiger partial charge in [-0.05, 0) is 36.6 Å². The molecule has 0 aliphatic carbocycles. The lowest BCUT2D eigenvalue weighted by Gasteiger charge is -2.16.